The maximum absolute atomic E-state index is 12.2. The molecule has 1 aromatic heterocycles. The molecule has 3 amide bonds. The summed E-state index contributed by atoms with van der Waals surface area (Å²) in [6.45, 7) is 4.18. The van der Waals surface area contributed by atoms with Crippen LogP contribution in [0.2, 0.25) is 0 Å². The van der Waals surface area contributed by atoms with Crippen LogP contribution in [-0.4, -0.2) is 45.7 Å². The van der Waals surface area contributed by atoms with E-state index in [1.165, 1.54) is 4.68 Å². The lowest BCUT2D eigenvalue weighted by molar-refractivity contribution is -0.136. The highest BCUT2D eigenvalue weighted by atomic mass is 16.2. The molecule has 1 atom stereocenters. The summed E-state index contributed by atoms with van der Waals surface area (Å²) in [5, 5.41) is 9.32. The average molecular weight is 358 g/mol. The third kappa shape index (κ3) is 3.71. The number of nitrogens with one attached hydrogen (secondary N) is 2. The highest BCUT2D eigenvalue weighted by Gasteiger charge is 2.33. The molecule has 0 spiro atoms. The van der Waals surface area contributed by atoms with Gasteiger partial charge in [0, 0.05) is 18.3 Å². The number of unbranched alkanes of at least 4 members (excludes halogenated alkanes) is 1. The van der Waals surface area contributed by atoms with Crippen LogP contribution < -0.4 is 10.6 Å². The fourth-order valence-electron chi connectivity index (χ4n) is 3.03. The molecule has 2 aliphatic rings. The van der Waals surface area contributed by atoms with Crippen molar-refractivity contribution in [2.24, 2.45) is 15.9 Å². The van der Waals surface area contributed by atoms with E-state index in [1.807, 2.05) is 6.92 Å². The number of nitrogens with zero attached hydrogens (tertiary/aromatic N) is 4. The number of carbonyl (C=O) groups excluding carboxylic acids is 3. The Bertz CT molecular complexity index is 807. The molecule has 138 valence electrons. The Morgan fingerprint density at radius 1 is 1.31 bits per heavy atom. The van der Waals surface area contributed by atoms with Gasteiger partial charge in [0.25, 0.3) is 11.9 Å². The largest absolute Gasteiger partial charge is 0.348 e. The van der Waals surface area contributed by atoms with E-state index in [-0.39, 0.29) is 23.6 Å². The van der Waals surface area contributed by atoms with Gasteiger partial charge in [-0.2, -0.15) is 14.8 Å². The van der Waals surface area contributed by atoms with Gasteiger partial charge >= 0.3 is 11.8 Å². The summed E-state index contributed by atoms with van der Waals surface area (Å²) in [4.78, 5) is 44.6. The standard InChI is InChI=1S/C17H22N6O3/c1-3-4-8-18-15(25)16(26)20-13-9-10(2)22-23(13)17-19-12-7-5-6-11(12)14(24)21-17/h9,11H,3-8H2,1-2H3,(H,18,25)(H,20,26). The molecule has 3 rings (SSSR count). The average Bonchev–Trinajstić information content (AvgIpc) is 3.21. The number of hydrogen-bond acceptors (Lipinski definition) is 5. The predicted molar refractivity (Wildman–Crippen MR) is 96.1 cm³/mol. The number of aryl methyl sites for hydroxylation is 1. The molecule has 1 unspecified atom stereocenters. The van der Waals surface area contributed by atoms with Crippen molar-refractivity contribution in [3.8, 4) is 0 Å². The first-order chi connectivity index (χ1) is 12.5. The summed E-state index contributed by atoms with van der Waals surface area (Å²) in [7, 11) is 0. The number of anilines is 1. The molecule has 0 radical (unpaired) electrons. The highest BCUT2D eigenvalue weighted by molar-refractivity contribution is 6.39. The smallest absolute Gasteiger partial charge is 0.314 e. The second-order valence-corrected chi connectivity index (χ2v) is 6.44. The van der Waals surface area contributed by atoms with Crippen LogP contribution in [0, 0.1) is 12.8 Å². The van der Waals surface area contributed by atoms with Crippen LogP contribution in [0.5, 0.6) is 0 Å². The van der Waals surface area contributed by atoms with E-state index in [2.05, 4.69) is 25.7 Å². The van der Waals surface area contributed by atoms with Gasteiger partial charge in [-0.25, -0.2) is 4.99 Å². The van der Waals surface area contributed by atoms with Gasteiger partial charge in [-0.05, 0) is 32.6 Å². The molecule has 2 heterocycles. The molecule has 0 saturated heterocycles. The Balaban J connectivity index is 1.78. The van der Waals surface area contributed by atoms with E-state index in [0.29, 0.717) is 12.2 Å². The van der Waals surface area contributed by atoms with E-state index in [1.54, 1.807) is 13.0 Å². The highest BCUT2D eigenvalue weighted by Crippen LogP contribution is 2.27. The lowest BCUT2D eigenvalue weighted by Gasteiger charge is -2.15. The zero-order chi connectivity index (χ0) is 18.7. The van der Waals surface area contributed by atoms with Gasteiger partial charge in [-0.3, -0.25) is 14.4 Å². The Hall–Kier alpha value is -2.84. The minimum Gasteiger partial charge on any atom is -0.348 e. The summed E-state index contributed by atoms with van der Waals surface area (Å²) in [6, 6.07) is 1.60. The maximum atomic E-state index is 12.2. The molecule has 1 aliphatic heterocycles. The number of fused-ring (bicyclic) bond motifs is 1. The minimum absolute atomic E-state index is 0.123. The number of hydrogen-bond donors (Lipinski definition) is 2. The Kier molecular flexibility index (Phi) is 5.24. The van der Waals surface area contributed by atoms with Crippen LogP contribution in [0.1, 0.15) is 44.7 Å². The summed E-state index contributed by atoms with van der Waals surface area (Å²) in [6.07, 6.45) is 4.17. The molecule has 1 saturated carbocycles. The number of aromatic nitrogens is 2. The quantitative estimate of drug-likeness (QED) is 0.617. The van der Waals surface area contributed by atoms with Crippen molar-refractivity contribution in [1.82, 2.24) is 15.1 Å². The molecule has 1 fully saturated rings. The summed E-state index contributed by atoms with van der Waals surface area (Å²) >= 11 is 0. The van der Waals surface area contributed by atoms with Gasteiger partial charge in [0.1, 0.15) is 5.82 Å². The number of amides is 3. The second kappa shape index (κ2) is 7.59. The molecule has 1 aliphatic carbocycles. The van der Waals surface area contributed by atoms with Crippen molar-refractivity contribution in [2.75, 3.05) is 11.9 Å². The van der Waals surface area contributed by atoms with Gasteiger partial charge < -0.3 is 10.6 Å². The lowest BCUT2D eigenvalue weighted by atomic mass is 10.1. The van der Waals surface area contributed by atoms with Gasteiger partial charge in [0.05, 0.1) is 11.6 Å². The van der Waals surface area contributed by atoms with Crippen molar-refractivity contribution < 1.29 is 14.4 Å². The first kappa shape index (κ1) is 18.0. The van der Waals surface area contributed by atoms with Crippen LogP contribution in [0.4, 0.5) is 5.82 Å². The Labute approximate surface area is 151 Å². The van der Waals surface area contributed by atoms with Gasteiger partial charge in [-0.1, -0.05) is 13.3 Å². The van der Waals surface area contributed by atoms with Crippen LogP contribution in [-0.2, 0) is 14.4 Å². The van der Waals surface area contributed by atoms with Crippen molar-refractivity contribution in [3.63, 3.8) is 0 Å². The molecule has 0 bridgehead atoms. The topological polar surface area (TPSA) is 118 Å². The van der Waals surface area contributed by atoms with Crippen molar-refractivity contribution in [1.29, 1.82) is 0 Å². The zero-order valence-corrected chi connectivity index (χ0v) is 14.9. The van der Waals surface area contributed by atoms with Gasteiger partial charge in [0.15, 0.2) is 0 Å². The molecular formula is C17H22N6O3. The van der Waals surface area contributed by atoms with Crippen molar-refractivity contribution in [3.05, 3.63) is 11.8 Å². The van der Waals surface area contributed by atoms with Gasteiger partial charge in [0.2, 0.25) is 0 Å². The van der Waals surface area contributed by atoms with E-state index in [0.717, 1.165) is 37.8 Å². The van der Waals surface area contributed by atoms with E-state index in [4.69, 9.17) is 0 Å². The predicted octanol–water partition coefficient (Wildman–Crippen LogP) is 1.03. The van der Waals surface area contributed by atoms with Gasteiger partial charge in [-0.15, -0.1) is 0 Å². The summed E-state index contributed by atoms with van der Waals surface area (Å²) < 4.78 is 1.30. The molecule has 9 nitrogen and oxygen atoms in total. The van der Waals surface area contributed by atoms with Crippen LogP contribution in [0.3, 0.4) is 0 Å². The molecule has 9 heteroatoms. The minimum atomic E-state index is -0.795. The number of rotatable bonds is 4. The monoisotopic (exact) mass is 358 g/mol. The molecule has 0 aromatic carbocycles. The van der Waals surface area contributed by atoms with E-state index >= 15 is 0 Å². The zero-order valence-electron chi connectivity index (χ0n) is 14.9. The second-order valence-electron chi connectivity index (χ2n) is 6.44. The Morgan fingerprint density at radius 2 is 2.12 bits per heavy atom. The van der Waals surface area contributed by atoms with Crippen molar-refractivity contribution >= 4 is 35.2 Å². The SMILES string of the molecule is CCCCNC(=O)C(=O)Nc1cc(C)nn1C1=NC(=O)C2CCCC2=N1. The summed E-state index contributed by atoms with van der Waals surface area (Å²) in [5.74, 6) is -1.59. The summed E-state index contributed by atoms with van der Waals surface area (Å²) in [5.41, 5.74) is 1.42. The molecular weight excluding hydrogens is 336 g/mol. The molecule has 26 heavy (non-hydrogen) atoms. The number of aliphatic imine (C=N–C) groups is 2. The van der Waals surface area contributed by atoms with Crippen LogP contribution in [0.25, 0.3) is 0 Å². The first-order valence-corrected chi connectivity index (χ1v) is 8.85. The Morgan fingerprint density at radius 3 is 2.88 bits per heavy atom. The van der Waals surface area contributed by atoms with Crippen molar-refractivity contribution in [2.45, 2.75) is 46.0 Å². The normalized spacial score (nSPS) is 18.8. The lowest BCUT2D eigenvalue weighted by Crippen LogP contribution is -2.37. The number of carbonyl (C=O) groups is 3. The molecule has 2 N–H and O–H groups in total. The van der Waals surface area contributed by atoms with Crippen LogP contribution >= 0.6 is 0 Å². The molecule has 1 aromatic rings. The van der Waals surface area contributed by atoms with E-state index < -0.39 is 11.8 Å². The fraction of sp³-hybridized carbons (Fsp3) is 0.529. The van der Waals surface area contributed by atoms with E-state index in [9.17, 15) is 14.4 Å². The third-order valence-corrected chi connectivity index (χ3v) is 4.36. The maximum Gasteiger partial charge on any atom is 0.314 e. The first-order valence-electron chi connectivity index (χ1n) is 8.85. The third-order valence-electron chi connectivity index (χ3n) is 4.36. The fourth-order valence-corrected chi connectivity index (χ4v) is 3.03. The van der Waals surface area contributed by atoms with Crippen LogP contribution in [0.15, 0.2) is 16.1 Å².